The molecular formula is C23H30N2O5S. The molecule has 2 aromatic rings. The van der Waals surface area contributed by atoms with Gasteiger partial charge in [0.2, 0.25) is 15.9 Å². The number of carbonyl (C=O) groups excluding carboxylic acids is 1. The highest BCUT2D eigenvalue weighted by atomic mass is 32.2. The van der Waals surface area contributed by atoms with Crippen LogP contribution in [0.5, 0.6) is 11.5 Å². The molecule has 2 aromatic carbocycles. The first-order valence-electron chi connectivity index (χ1n) is 10.1. The Kier molecular flexibility index (Phi) is 6.23. The number of amides is 1. The number of para-hydroxylation sites is 1. The summed E-state index contributed by atoms with van der Waals surface area (Å²) in [6, 6.07) is 10.7. The van der Waals surface area contributed by atoms with Gasteiger partial charge in [-0.15, -0.1) is 0 Å². The van der Waals surface area contributed by atoms with Gasteiger partial charge >= 0.3 is 0 Å². The molecule has 1 amide bonds. The summed E-state index contributed by atoms with van der Waals surface area (Å²) < 4.78 is 37.6. The third-order valence-electron chi connectivity index (χ3n) is 5.39. The van der Waals surface area contributed by atoms with Gasteiger partial charge in [0.25, 0.3) is 0 Å². The molecule has 8 heteroatoms. The van der Waals surface area contributed by atoms with Gasteiger partial charge < -0.3 is 14.8 Å². The molecule has 7 nitrogen and oxygen atoms in total. The second-order valence-electron chi connectivity index (χ2n) is 8.60. The average molecular weight is 447 g/mol. The first kappa shape index (κ1) is 22.9. The predicted octanol–water partition coefficient (Wildman–Crippen LogP) is 3.50. The Hall–Kier alpha value is -2.74. The van der Waals surface area contributed by atoms with E-state index in [0.717, 1.165) is 22.9 Å². The fourth-order valence-electron chi connectivity index (χ4n) is 4.02. The van der Waals surface area contributed by atoms with Crippen LogP contribution in [0.3, 0.4) is 0 Å². The first-order valence-corrected chi connectivity index (χ1v) is 12.0. The normalized spacial score (nSPS) is 17.3. The molecule has 0 aliphatic carbocycles. The van der Waals surface area contributed by atoms with Crippen LogP contribution in [0, 0.1) is 13.8 Å². The van der Waals surface area contributed by atoms with Crippen molar-refractivity contribution < 1.29 is 22.7 Å². The molecule has 0 radical (unpaired) electrons. The molecule has 168 valence electrons. The number of nitrogens with one attached hydrogen (secondary N) is 1. The van der Waals surface area contributed by atoms with Gasteiger partial charge in [-0.1, -0.05) is 18.2 Å². The molecule has 0 saturated heterocycles. The van der Waals surface area contributed by atoms with Crippen LogP contribution >= 0.6 is 0 Å². The predicted molar refractivity (Wildman–Crippen MR) is 121 cm³/mol. The monoisotopic (exact) mass is 446 g/mol. The summed E-state index contributed by atoms with van der Waals surface area (Å²) >= 11 is 0. The topological polar surface area (TPSA) is 84.9 Å². The fourth-order valence-corrected chi connectivity index (χ4v) is 4.99. The number of aryl methyl sites for hydroxylation is 2. The highest BCUT2D eigenvalue weighted by Crippen LogP contribution is 2.41. The third-order valence-corrected chi connectivity index (χ3v) is 6.50. The molecule has 1 unspecified atom stereocenters. The molecule has 1 heterocycles. The maximum absolute atomic E-state index is 13.0. The lowest BCUT2D eigenvalue weighted by molar-refractivity contribution is -0.120. The van der Waals surface area contributed by atoms with E-state index in [0.29, 0.717) is 23.6 Å². The van der Waals surface area contributed by atoms with Gasteiger partial charge in [0, 0.05) is 18.1 Å². The summed E-state index contributed by atoms with van der Waals surface area (Å²) in [6.45, 7) is 7.28. The van der Waals surface area contributed by atoms with E-state index in [-0.39, 0.29) is 18.5 Å². The van der Waals surface area contributed by atoms with Crippen molar-refractivity contribution in [3.63, 3.8) is 0 Å². The van der Waals surface area contributed by atoms with Gasteiger partial charge in [-0.2, -0.15) is 0 Å². The quantitative estimate of drug-likeness (QED) is 0.734. The van der Waals surface area contributed by atoms with Gasteiger partial charge in [0.15, 0.2) is 0 Å². The van der Waals surface area contributed by atoms with E-state index in [1.54, 1.807) is 13.2 Å². The Morgan fingerprint density at radius 1 is 1.23 bits per heavy atom. The van der Waals surface area contributed by atoms with Crippen molar-refractivity contribution in [2.45, 2.75) is 45.8 Å². The van der Waals surface area contributed by atoms with Gasteiger partial charge in [-0.25, -0.2) is 8.42 Å². The number of ether oxygens (including phenoxy) is 2. The van der Waals surface area contributed by atoms with E-state index < -0.39 is 15.6 Å². The van der Waals surface area contributed by atoms with E-state index in [9.17, 15) is 13.2 Å². The van der Waals surface area contributed by atoms with Crippen molar-refractivity contribution in [1.29, 1.82) is 0 Å². The molecule has 0 aromatic heterocycles. The fraction of sp³-hybridized carbons (Fsp3) is 0.435. The number of benzene rings is 2. The molecule has 1 aliphatic heterocycles. The minimum Gasteiger partial charge on any atom is -0.497 e. The lowest BCUT2D eigenvalue weighted by Gasteiger charge is -2.38. The zero-order valence-corrected chi connectivity index (χ0v) is 19.7. The van der Waals surface area contributed by atoms with Crippen LogP contribution in [0.25, 0.3) is 0 Å². The Balaban J connectivity index is 1.88. The highest BCUT2D eigenvalue weighted by Gasteiger charge is 2.35. The van der Waals surface area contributed by atoms with Crippen LogP contribution in [-0.2, 0) is 14.8 Å². The Morgan fingerprint density at radius 2 is 1.87 bits per heavy atom. The number of carbonyl (C=O) groups is 1. The molecule has 3 rings (SSSR count). The van der Waals surface area contributed by atoms with E-state index in [1.165, 1.54) is 4.31 Å². The molecule has 0 saturated carbocycles. The number of hydrogen-bond donors (Lipinski definition) is 1. The summed E-state index contributed by atoms with van der Waals surface area (Å²) in [5.74, 6) is 0.938. The van der Waals surface area contributed by atoms with Crippen LogP contribution in [0.2, 0.25) is 0 Å². The minimum atomic E-state index is -3.66. The number of hydrogen-bond acceptors (Lipinski definition) is 5. The number of fused-ring (bicyclic) bond motifs is 1. The lowest BCUT2D eigenvalue weighted by atomic mass is 9.89. The second kappa shape index (κ2) is 8.42. The van der Waals surface area contributed by atoms with Crippen molar-refractivity contribution in [2.75, 3.05) is 24.2 Å². The highest BCUT2D eigenvalue weighted by molar-refractivity contribution is 7.92. The van der Waals surface area contributed by atoms with Crippen LogP contribution < -0.4 is 19.1 Å². The number of nitrogens with zero attached hydrogens (tertiary/aromatic N) is 1. The van der Waals surface area contributed by atoms with E-state index in [1.807, 2.05) is 58.0 Å². The van der Waals surface area contributed by atoms with Gasteiger partial charge in [-0.3, -0.25) is 9.10 Å². The van der Waals surface area contributed by atoms with Gasteiger partial charge in [-0.05, 0) is 51.0 Å². The van der Waals surface area contributed by atoms with Crippen LogP contribution in [0.1, 0.15) is 43.0 Å². The van der Waals surface area contributed by atoms with E-state index in [4.69, 9.17) is 9.47 Å². The maximum Gasteiger partial charge on any atom is 0.241 e. The number of anilines is 1. The lowest BCUT2D eigenvalue weighted by Crippen LogP contribution is -2.45. The Bertz CT molecular complexity index is 1070. The van der Waals surface area contributed by atoms with Crippen LogP contribution in [-0.4, -0.2) is 39.8 Å². The van der Waals surface area contributed by atoms with E-state index >= 15 is 0 Å². The van der Waals surface area contributed by atoms with Crippen molar-refractivity contribution in [1.82, 2.24) is 5.32 Å². The van der Waals surface area contributed by atoms with Crippen molar-refractivity contribution in [3.05, 3.63) is 53.1 Å². The third kappa shape index (κ3) is 5.12. The first-order chi connectivity index (χ1) is 14.4. The van der Waals surface area contributed by atoms with E-state index in [2.05, 4.69) is 5.32 Å². The largest absolute Gasteiger partial charge is 0.497 e. The smallest absolute Gasteiger partial charge is 0.241 e. The molecule has 31 heavy (non-hydrogen) atoms. The molecular weight excluding hydrogens is 416 g/mol. The molecule has 1 aliphatic rings. The van der Waals surface area contributed by atoms with Crippen LogP contribution in [0.15, 0.2) is 36.4 Å². The van der Waals surface area contributed by atoms with Crippen molar-refractivity contribution in [3.8, 4) is 11.5 Å². The van der Waals surface area contributed by atoms with Gasteiger partial charge in [0.05, 0.1) is 25.1 Å². The van der Waals surface area contributed by atoms with Crippen LogP contribution in [0.4, 0.5) is 5.69 Å². The second-order valence-corrected chi connectivity index (χ2v) is 10.5. The SMILES string of the molecule is COc1ccc2c(c1)OC(C)(C)CC2NC(=O)CN(c1c(C)cccc1C)S(C)(=O)=O. The number of sulfonamides is 1. The Morgan fingerprint density at radius 3 is 2.45 bits per heavy atom. The minimum absolute atomic E-state index is 0.298. The zero-order valence-electron chi connectivity index (χ0n) is 18.9. The molecule has 1 atom stereocenters. The summed E-state index contributed by atoms with van der Waals surface area (Å²) in [5.41, 5.74) is 2.47. The zero-order chi connectivity index (χ0) is 23.0. The number of rotatable bonds is 6. The summed E-state index contributed by atoms with van der Waals surface area (Å²) in [6.07, 6.45) is 1.67. The molecule has 1 N–H and O–H groups in total. The van der Waals surface area contributed by atoms with Crippen molar-refractivity contribution in [2.24, 2.45) is 0 Å². The average Bonchev–Trinajstić information content (AvgIpc) is 2.64. The van der Waals surface area contributed by atoms with Gasteiger partial charge in [0.1, 0.15) is 23.6 Å². The summed E-state index contributed by atoms with van der Waals surface area (Å²) in [5, 5.41) is 3.01. The number of methoxy groups -OCH3 is 1. The standard InChI is InChI=1S/C23H30N2O5S/c1-15-8-7-9-16(2)22(15)25(31(6,27)28)14-21(26)24-19-13-23(3,4)30-20-12-17(29-5)10-11-18(19)20/h7-12,19H,13-14H2,1-6H3,(H,24,26). The summed E-state index contributed by atoms with van der Waals surface area (Å²) in [7, 11) is -2.07. The molecule has 0 spiro atoms. The Labute approximate surface area is 184 Å². The van der Waals surface area contributed by atoms with Crippen molar-refractivity contribution >= 4 is 21.6 Å². The summed E-state index contributed by atoms with van der Waals surface area (Å²) in [4.78, 5) is 13.0. The molecule has 0 fully saturated rings. The molecule has 0 bridgehead atoms. The maximum atomic E-state index is 13.0.